The Bertz CT molecular complexity index is 481. The summed E-state index contributed by atoms with van der Waals surface area (Å²) in [6.45, 7) is 17.6. The molecule has 0 atom stereocenters. The molecule has 0 aromatic rings. The van der Waals surface area contributed by atoms with Crippen LogP contribution in [0.5, 0.6) is 0 Å². The molecule has 162 valence electrons. The molecule has 1 aliphatic heterocycles. The van der Waals surface area contributed by atoms with E-state index in [9.17, 15) is 0 Å². The number of rotatable bonds is 7. The third kappa shape index (κ3) is 7.94. The maximum absolute atomic E-state index is 6.44. The van der Waals surface area contributed by atoms with Crippen molar-refractivity contribution >= 4 is 52.1 Å². The van der Waals surface area contributed by atoms with E-state index in [2.05, 4.69) is 0 Å². The summed E-state index contributed by atoms with van der Waals surface area (Å²) in [5.74, 6) is 0. The third-order valence-electron chi connectivity index (χ3n) is 3.40. The zero-order valence-electron chi connectivity index (χ0n) is 18.7. The molecule has 0 bridgehead atoms. The van der Waals surface area contributed by atoms with Gasteiger partial charge in [0.1, 0.15) is 0 Å². The maximum Gasteiger partial charge on any atom is 0.669 e. The molecule has 1 aliphatic rings. The predicted octanol–water partition coefficient (Wildman–Crippen LogP) is 2.85. The highest BCUT2D eigenvalue weighted by molar-refractivity contribution is 6.93. The molecule has 0 spiro atoms. The Kier molecular flexibility index (Phi) is 8.26. The fraction of sp³-hybridized carbons (Fsp3) is 1.00. The second kappa shape index (κ2) is 8.59. The van der Waals surface area contributed by atoms with Gasteiger partial charge in [0, 0.05) is 27.9 Å². The average Bonchev–Trinajstić information content (AvgIpc) is 2.38. The molecule has 0 aromatic heterocycles. The Labute approximate surface area is 170 Å². The molecule has 0 aromatic carbocycles. The molecule has 1 rings (SSSR count). The highest BCUT2D eigenvalue weighted by Crippen LogP contribution is 2.33. The zero-order valence-corrected chi connectivity index (χ0v) is 24.7. The molecule has 1 heterocycles. The molecule has 15 heteroatoms. The first-order valence-corrected chi connectivity index (χ1v) is 23.9. The van der Waals surface area contributed by atoms with Gasteiger partial charge in [-0.1, -0.05) is 0 Å². The van der Waals surface area contributed by atoms with Gasteiger partial charge >= 0.3 is 52.1 Å². The van der Waals surface area contributed by atoms with Crippen LogP contribution in [-0.2, 0) is 38.0 Å². The van der Waals surface area contributed by atoms with E-state index in [0.717, 1.165) is 0 Å². The van der Waals surface area contributed by atoms with Gasteiger partial charge in [-0.15, -0.1) is 0 Å². The first-order chi connectivity index (χ1) is 11.9. The van der Waals surface area contributed by atoms with Gasteiger partial charge in [-0.2, -0.15) is 0 Å². The van der Waals surface area contributed by atoms with Crippen molar-refractivity contribution in [3.05, 3.63) is 0 Å². The summed E-state index contributed by atoms with van der Waals surface area (Å²) < 4.78 is 54.2. The van der Waals surface area contributed by atoms with Gasteiger partial charge in [-0.05, 0) is 52.4 Å². The fourth-order valence-corrected chi connectivity index (χ4v) is 31.2. The normalized spacial score (nSPS) is 24.9. The van der Waals surface area contributed by atoms with E-state index in [1.54, 1.807) is 0 Å². The molecule has 0 saturated carbocycles. The molecular weight excluding hydrogens is 457 g/mol. The van der Waals surface area contributed by atoms with Crippen molar-refractivity contribution in [2.45, 2.75) is 58.9 Å². The van der Waals surface area contributed by atoms with Gasteiger partial charge in [0.05, 0.1) is 0 Å². The van der Waals surface area contributed by atoms with E-state index in [1.165, 1.54) is 21.3 Å². The van der Waals surface area contributed by atoms with Crippen molar-refractivity contribution in [3.63, 3.8) is 0 Å². The third-order valence-corrected chi connectivity index (χ3v) is 26.1. The van der Waals surface area contributed by atoms with Crippen LogP contribution in [0, 0.1) is 0 Å². The molecule has 0 aliphatic carbocycles. The average molecular weight is 493 g/mol. The molecule has 0 unspecified atom stereocenters. The molecule has 0 radical (unpaired) electrons. The summed E-state index contributed by atoms with van der Waals surface area (Å²) >= 11 is 0. The summed E-state index contributed by atoms with van der Waals surface area (Å²) in [6, 6.07) is 0. The van der Waals surface area contributed by atoms with Crippen LogP contribution in [0.2, 0.25) is 58.9 Å². The summed E-state index contributed by atoms with van der Waals surface area (Å²) in [7, 11) is -12.2. The first kappa shape index (κ1) is 26.0. The minimum Gasteiger partial charge on any atom is -0.416 e. The van der Waals surface area contributed by atoms with Gasteiger partial charge in [0.2, 0.25) is 0 Å². The largest absolute Gasteiger partial charge is 0.669 e. The van der Waals surface area contributed by atoms with Gasteiger partial charge in [0.15, 0.2) is 0 Å². The second-order valence-corrected chi connectivity index (χ2v) is 28.2. The SMILES string of the molecule is CO[Si](OC)(OC)O[Si](C)(C)O[Si]1(C)O[Si](C)(C)O[Si](C)(C)O[Si](C)(C)O1. The molecule has 1 fully saturated rings. The van der Waals surface area contributed by atoms with Gasteiger partial charge in [-0.3, -0.25) is 0 Å². The van der Waals surface area contributed by atoms with Crippen LogP contribution >= 0.6 is 0 Å². The first-order valence-electron chi connectivity index (χ1n) is 8.79. The fourth-order valence-electron chi connectivity index (χ4n) is 3.35. The molecule has 9 nitrogen and oxygen atoms in total. The number of hydrogen-bond acceptors (Lipinski definition) is 9. The quantitative estimate of drug-likeness (QED) is 0.498. The summed E-state index contributed by atoms with van der Waals surface area (Å²) in [4.78, 5) is 0. The summed E-state index contributed by atoms with van der Waals surface area (Å²) in [6.07, 6.45) is 0. The Morgan fingerprint density at radius 2 is 0.926 bits per heavy atom. The minimum absolute atomic E-state index is 1.49. The van der Waals surface area contributed by atoms with Crippen LogP contribution in [-0.4, -0.2) is 73.4 Å². The van der Waals surface area contributed by atoms with Crippen LogP contribution in [0.3, 0.4) is 0 Å². The van der Waals surface area contributed by atoms with E-state index in [-0.39, 0.29) is 0 Å². The lowest BCUT2D eigenvalue weighted by Crippen LogP contribution is -2.68. The van der Waals surface area contributed by atoms with Crippen molar-refractivity contribution in [2.24, 2.45) is 0 Å². The molecular formula is C12H36O9Si6. The lowest BCUT2D eigenvalue weighted by Gasteiger charge is -2.48. The minimum atomic E-state index is -3.27. The highest BCUT2D eigenvalue weighted by Gasteiger charge is 2.58. The Morgan fingerprint density at radius 1 is 0.593 bits per heavy atom. The van der Waals surface area contributed by atoms with E-state index in [4.69, 9.17) is 38.0 Å². The van der Waals surface area contributed by atoms with Gasteiger partial charge in [0.25, 0.3) is 0 Å². The smallest absolute Gasteiger partial charge is 0.416 e. The zero-order chi connectivity index (χ0) is 21.4. The van der Waals surface area contributed by atoms with Crippen molar-refractivity contribution in [1.29, 1.82) is 0 Å². The van der Waals surface area contributed by atoms with Gasteiger partial charge < -0.3 is 38.0 Å². The van der Waals surface area contributed by atoms with E-state index in [1.807, 2.05) is 58.9 Å². The van der Waals surface area contributed by atoms with Crippen LogP contribution in [0.25, 0.3) is 0 Å². The van der Waals surface area contributed by atoms with E-state index < -0.39 is 52.1 Å². The predicted molar refractivity (Wildman–Crippen MR) is 115 cm³/mol. The molecule has 1 saturated heterocycles. The standard InChI is InChI=1S/C12H36O9Si6/c1-13-27(14-2,15-3)21-25(10,11)20-26(12)18-23(6,7)16-22(4,5)17-24(8,9)19-26/h1-12H3. The maximum atomic E-state index is 6.44. The highest BCUT2D eigenvalue weighted by atomic mass is 28.6. The van der Waals surface area contributed by atoms with E-state index >= 15 is 0 Å². The summed E-state index contributed by atoms with van der Waals surface area (Å²) in [5.41, 5.74) is 0. The van der Waals surface area contributed by atoms with E-state index in [0.29, 0.717) is 0 Å². The van der Waals surface area contributed by atoms with Crippen LogP contribution in [0.1, 0.15) is 0 Å². The Morgan fingerprint density at radius 3 is 1.26 bits per heavy atom. The molecule has 27 heavy (non-hydrogen) atoms. The topological polar surface area (TPSA) is 83.1 Å². The summed E-state index contributed by atoms with van der Waals surface area (Å²) in [5, 5.41) is 0. The van der Waals surface area contributed by atoms with Crippen LogP contribution < -0.4 is 0 Å². The Balaban J connectivity index is 3.13. The van der Waals surface area contributed by atoms with Gasteiger partial charge in [-0.25, -0.2) is 0 Å². The van der Waals surface area contributed by atoms with Crippen molar-refractivity contribution in [1.82, 2.24) is 0 Å². The van der Waals surface area contributed by atoms with Crippen LogP contribution in [0.15, 0.2) is 0 Å². The lowest BCUT2D eigenvalue weighted by atomic mass is 11.8. The van der Waals surface area contributed by atoms with Crippen LogP contribution in [0.4, 0.5) is 0 Å². The van der Waals surface area contributed by atoms with Crippen molar-refractivity contribution in [3.8, 4) is 0 Å². The molecule has 0 amide bonds. The second-order valence-electron chi connectivity index (χ2n) is 8.19. The molecule has 0 N–H and O–H groups in total. The van der Waals surface area contributed by atoms with Crippen molar-refractivity contribution < 1.29 is 38.0 Å². The lowest BCUT2D eigenvalue weighted by molar-refractivity contribution is 0.0384. The number of hydrogen-bond donors (Lipinski definition) is 0. The van der Waals surface area contributed by atoms with Crippen molar-refractivity contribution in [2.75, 3.05) is 21.3 Å². The monoisotopic (exact) mass is 492 g/mol. The Hall–Kier alpha value is 0.941.